The van der Waals surface area contributed by atoms with E-state index in [0.717, 1.165) is 19.4 Å². The number of fused-ring (bicyclic) bond motifs is 5. The molecule has 262 valence electrons. The molecule has 0 radical (unpaired) electrons. The first-order valence-corrected chi connectivity index (χ1v) is 17.5. The van der Waals surface area contributed by atoms with E-state index in [-0.39, 0.29) is 47.7 Å². The van der Waals surface area contributed by atoms with Gasteiger partial charge in [0.1, 0.15) is 24.4 Å². The normalized spacial score (nSPS) is 45.9. The third kappa shape index (κ3) is 7.56. The van der Waals surface area contributed by atoms with Crippen LogP contribution in [0, 0.1) is 29.1 Å². The SMILES string of the molecule is CC[C@H]1OC(=O)CC(=O)[C@H](C)[C@@H](O[C@@H]2O[C@H](C)CC(N(C)C)[C@H]2O)[C@]2(C)CC/C=C/CC3C(=O)O[C@@]1(C)[C@H]3[C@@H](C)N(C)C[C@H](C)C2. The summed E-state index contributed by atoms with van der Waals surface area (Å²) in [5.74, 6) is -2.25. The van der Waals surface area contributed by atoms with Crippen LogP contribution < -0.4 is 0 Å². The molecule has 4 aliphatic heterocycles. The molecule has 2 bridgehead atoms. The maximum absolute atomic E-state index is 14.0. The lowest BCUT2D eigenvalue weighted by Crippen LogP contribution is -2.57. The second-order valence-corrected chi connectivity index (χ2v) is 15.6. The third-order valence-electron chi connectivity index (χ3n) is 11.6. The number of aliphatic hydroxyl groups is 1. The molecular formula is C36H60N2O8. The van der Waals surface area contributed by atoms with E-state index in [2.05, 4.69) is 44.9 Å². The number of hydrogen-bond donors (Lipinski definition) is 1. The fourth-order valence-corrected chi connectivity index (χ4v) is 9.13. The largest absolute Gasteiger partial charge is 0.458 e. The first-order chi connectivity index (χ1) is 21.5. The second kappa shape index (κ2) is 14.7. The molecule has 0 aromatic carbocycles. The first-order valence-electron chi connectivity index (χ1n) is 17.5. The van der Waals surface area contributed by atoms with Crippen molar-refractivity contribution in [3.8, 4) is 0 Å². The average Bonchev–Trinajstić information content (AvgIpc) is 3.23. The van der Waals surface area contributed by atoms with Gasteiger partial charge >= 0.3 is 11.9 Å². The molecule has 13 atom stereocenters. The maximum Gasteiger partial charge on any atom is 0.313 e. The van der Waals surface area contributed by atoms with Gasteiger partial charge in [-0.3, -0.25) is 14.4 Å². The number of carbonyl (C=O) groups excluding carboxylic acids is 3. The quantitative estimate of drug-likeness (QED) is 0.268. The Morgan fingerprint density at radius 3 is 2.46 bits per heavy atom. The van der Waals surface area contributed by atoms with Crippen molar-refractivity contribution in [2.75, 3.05) is 27.7 Å². The number of hydrogen-bond acceptors (Lipinski definition) is 10. The van der Waals surface area contributed by atoms with E-state index < -0.39 is 53.9 Å². The van der Waals surface area contributed by atoms with Crippen LogP contribution in [0.5, 0.6) is 0 Å². The average molecular weight is 649 g/mol. The van der Waals surface area contributed by atoms with E-state index in [0.29, 0.717) is 25.7 Å². The minimum atomic E-state index is -1.04. The van der Waals surface area contributed by atoms with E-state index in [1.165, 1.54) is 0 Å². The molecule has 0 aromatic rings. The number of ketones is 1. The Kier molecular flexibility index (Phi) is 11.8. The Bertz CT molecular complexity index is 1130. The number of cyclic esters (lactones) is 1. The Labute approximate surface area is 276 Å². The van der Waals surface area contributed by atoms with E-state index in [1.54, 1.807) is 0 Å². The molecule has 4 heterocycles. The topological polar surface area (TPSA) is 115 Å². The molecule has 0 amide bonds. The smallest absolute Gasteiger partial charge is 0.313 e. The number of esters is 2. The van der Waals surface area contributed by atoms with Gasteiger partial charge in [0, 0.05) is 30.5 Å². The molecule has 0 aromatic heterocycles. The maximum atomic E-state index is 14.0. The number of ether oxygens (including phenoxy) is 4. The number of carbonyl (C=O) groups is 3. The zero-order valence-electron chi connectivity index (χ0n) is 29.9. The molecule has 46 heavy (non-hydrogen) atoms. The van der Waals surface area contributed by atoms with Gasteiger partial charge in [0.25, 0.3) is 0 Å². The van der Waals surface area contributed by atoms with E-state index in [4.69, 9.17) is 18.9 Å². The summed E-state index contributed by atoms with van der Waals surface area (Å²) in [6, 6.07) is -0.215. The van der Waals surface area contributed by atoms with Gasteiger partial charge in [0.05, 0.1) is 18.1 Å². The van der Waals surface area contributed by atoms with Crippen molar-refractivity contribution in [1.82, 2.24) is 9.80 Å². The molecule has 4 rings (SSSR count). The van der Waals surface area contributed by atoms with Crippen molar-refractivity contribution >= 4 is 17.7 Å². The standard InChI is InChI=1S/C36H60N2O8/c1-11-28-36(7)30-24(5)38(10)20-21(2)19-35(6,16-14-12-13-15-25(30)33(42)46-36)32(23(4)27(39)18-29(40)44-28)45-34-31(41)26(37(8)9)17-22(3)43-34/h12-13,21-26,28,30-32,34,41H,11,14-20H2,1-10H3/b13-12+/t21-,22-,23+,24-,25?,26?,28-,30+,31-,32-,34+,35-,36-/m1/s1. The summed E-state index contributed by atoms with van der Waals surface area (Å²) in [7, 11) is 5.97. The van der Waals surface area contributed by atoms with Crippen molar-refractivity contribution in [2.24, 2.45) is 29.1 Å². The van der Waals surface area contributed by atoms with Gasteiger partial charge in [-0.25, -0.2) is 0 Å². The highest BCUT2D eigenvalue weighted by Gasteiger charge is 2.60. The molecule has 1 N–H and O–H groups in total. The molecule has 0 aliphatic carbocycles. The first kappa shape index (κ1) is 37.0. The third-order valence-corrected chi connectivity index (χ3v) is 11.6. The predicted molar refractivity (Wildman–Crippen MR) is 175 cm³/mol. The van der Waals surface area contributed by atoms with E-state index in [1.807, 2.05) is 46.7 Å². The summed E-state index contributed by atoms with van der Waals surface area (Å²) in [5, 5.41) is 11.4. The lowest BCUT2D eigenvalue weighted by Gasteiger charge is -2.47. The highest BCUT2D eigenvalue weighted by molar-refractivity contribution is 5.97. The number of aliphatic hydroxyl groups excluding tert-OH is 1. The number of rotatable bonds is 4. The van der Waals surface area contributed by atoms with Crippen molar-refractivity contribution < 1.29 is 38.4 Å². The Morgan fingerprint density at radius 2 is 1.80 bits per heavy atom. The van der Waals surface area contributed by atoms with Crippen molar-refractivity contribution in [3.05, 3.63) is 12.2 Å². The van der Waals surface area contributed by atoms with Crippen molar-refractivity contribution in [2.45, 2.75) is 142 Å². The molecule has 10 nitrogen and oxygen atoms in total. The van der Waals surface area contributed by atoms with Gasteiger partial charge in [-0.05, 0) is 91.8 Å². The van der Waals surface area contributed by atoms with Crippen LogP contribution in [0.2, 0.25) is 0 Å². The lowest BCUT2D eigenvalue weighted by molar-refractivity contribution is -0.286. The number of allylic oxidation sites excluding steroid dienone is 2. The monoisotopic (exact) mass is 648 g/mol. The van der Waals surface area contributed by atoms with Crippen LogP contribution in [0.1, 0.15) is 93.4 Å². The summed E-state index contributed by atoms with van der Waals surface area (Å²) >= 11 is 0. The summed E-state index contributed by atoms with van der Waals surface area (Å²) in [4.78, 5) is 45.3. The summed E-state index contributed by atoms with van der Waals surface area (Å²) in [6.45, 7) is 14.9. The molecule has 0 saturated carbocycles. The summed E-state index contributed by atoms with van der Waals surface area (Å²) in [6.07, 6.45) is 4.31. The Balaban J connectivity index is 1.82. The summed E-state index contributed by atoms with van der Waals surface area (Å²) < 4.78 is 25.3. The predicted octanol–water partition coefficient (Wildman–Crippen LogP) is 4.37. The fraction of sp³-hybridized carbons (Fsp3) is 0.861. The Morgan fingerprint density at radius 1 is 1.11 bits per heavy atom. The molecule has 4 aliphatic rings. The molecule has 3 fully saturated rings. The molecule has 10 heteroatoms. The van der Waals surface area contributed by atoms with E-state index in [9.17, 15) is 19.5 Å². The molecule has 3 saturated heterocycles. The van der Waals surface area contributed by atoms with Crippen LogP contribution in [-0.4, -0.2) is 109 Å². The Hall–Kier alpha value is -1.85. The van der Waals surface area contributed by atoms with Gasteiger partial charge < -0.3 is 33.9 Å². The van der Waals surface area contributed by atoms with Gasteiger partial charge in [-0.15, -0.1) is 0 Å². The second-order valence-electron chi connectivity index (χ2n) is 15.6. The number of likely N-dealkylation sites (N-methyl/N-ethyl adjacent to an activating group) is 1. The fourth-order valence-electron chi connectivity index (χ4n) is 9.13. The summed E-state index contributed by atoms with van der Waals surface area (Å²) in [5.41, 5.74) is -1.55. The van der Waals surface area contributed by atoms with Gasteiger partial charge in [0.2, 0.25) is 0 Å². The van der Waals surface area contributed by atoms with Crippen LogP contribution in [0.4, 0.5) is 0 Å². The highest BCUT2D eigenvalue weighted by atomic mass is 16.7. The van der Waals surface area contributed by atoms with Crippen LogP contribution in [0.3, 0.4) is 0 Å². The molecular weight excluding hydrogens is 588 g/mol. The number of nitrogens with zero attached hydrogens (tertiary/aromatic N) is 2. The lowest BCUT2D eigenvalue weighted by atomic mass is 9.68. The van der Waals surface area contributed by atoms with Crippen molar-refractivity contribution in [1.29, 1.82) is 0 Å². The zero-order chi connectivity index (χ0) is 34.1. The highest BCUT2D eigenvalue weighted by Crippen LogP contribution is 2.48. The van der Waals surface area contributed by atoms with Crippen molar-refractivity contribution in [3.63, 3.8) is 0 Å². The van der Waals surface area contributed by atoms with Gasteiger partial charge in [-0.2, -0.15) is 0 Å². The number of Topliss-reactive ketones (excluding diaryl/α,β-unsaturated/α-hetero) is 1. The minimum Gasteiger partial charge on any atom is -0.458 e. The van der Waals surface area contributed by atoms with Gasteiger partial charge in [0.15, 0.2) is 11.9 Å². The van der Waals surface area contributed by atoms with Crippen LogP contribution in [-0.2, 0) is 33.3 Å². The molecule has 2 unspecified atom stereocenters. The van der Waals surface area contributed by atoms with Crippen LogP contribution in [0.15, 0.2) is 12.2 Å². The minimum absolute atomic E-state index is 0.0509. The van der Waals surface area contributed by atoms with E-state index >= 15 is 0 Å². The zero-order valence-corrected chi connectivity index (χ0v) is 29.9. The van der Waals surface area contributed by atoms with Gasteiger partial charge in [-0.1, -0.05) is 39.8 Å². The molecule has 0 spiro atoms. The van der Waals surface area contributed by atoms with Crippen LogP contribution in [0.25, 0.3) is 0 Å². The van der Waals surface area contributed by atoms with Crippen LogP contribution >= 0.6 is 0 Å².